The highest BCUT2D eigenvalue weighted by Gasteiger charge is 2.38. The summed E-state index contributed by atoms with van der Waals surface area (Å²) in [5.41, 5.74) is 7.43. The van der Waals surface area contributed by atoms with Gasteiger partial charge in [0.25, 0.3) is 11.8 Å². The molecule has 5 aromatic rings. The summed E-state index contributed by atoms with van der Waals surface area (Å²) in [4.78, 5) is 52.7. The number of amides is 2. The molecule has 0 saturated heterocycles. The van der Waals surface area contributed by atoms with E-state index in [4.69, 9.17) is 33.7 Å². The Hall–Kier alpha value is -7.21. The molecular weight excluding hydrogens is 773 g/mol. The summed E-state index contributed by atoms with van der Waals surface area (Å²) in [5, 5.41) is 0. The fourth-order valence-corrected chi connectivity index (χ4v) is 8.37. The van der Waals surface area contributed by atoms with Gasteiger partial charge < -0.3 is 23.7 Å². The summed E-state index contributed by atoms with van der Waals surface area (Å²) in [6.07, 6.45) is 8.14. The average Bonchev–Trinajstić information content (AvgIpc) is 3.78. The van der Waals surface area contributed by atoms with Gasteiger partial charge in [-0.2, -0.15) is 0 Å². The lowest BCUT2D eigenvalue weighted by molar-refractivity contribution is -0.114. The summed E-state index contributed by atoms with van der Waals surface area (Å²) >= 11 is 0. The molecule has 4 aliphatic heterocycles. The maximum atomic E-state index is 13.9. The zero-order valence-corrected chi connectivity index (χ0v) is 34.0. The molecule has 2 atom stereocenters. The minimum atomic E-state index is -0.185. The van der Waals surface area contributed by atoms with Crippen molar-refractivity contribution in [2.45, 2.75) is 57.4 Å². The number of ketones is 1. The van der Waals surface area contributed by atoms with Crippen molar-refractivity contribution >= 4 is 52.8 Å². The maximum absolute atomic E-state index is 13.9. The van der Waals surface area contributed by atoms with Gasteiger partial charge >= 0.3 is 0 Å². The molecule has 0 aliphatic carbocycles. The van der Waals surface area contributed by atoms with Crippen LogP contribution in [0.4, 0.5) is 22.7 Å². The molecule has 0 spiro atoms. The molecule has 61 heavy (non-hydrogen) atoms. The number of carbonyl (C=O) groups excluding carboxylic acids is 3. The first-order valence-corrected chi connectivity index (χ1v) is 20.3. The standard InChI is InChI=1S/C49H44N4O8/c1-4-36(54)13-9-10-16-59-37-18-30(28-60-46-24-40-38(22-44(46)57-2)48(55)52-34(26-50-40)20-32-11-5-7-14-42(32)52)17-31(19-37)29-61-47-25-41-39(23-45(47)58-3)49(56)53-35(27-51-41)21-33-12-6-8-15-43(33)53/h4-8,11-12,14-15,17-19,22-27,34-35H,1,9-10,13,16,20-21,28-29H2,2-3H3/t34-,35-/m0/s1. The fraction of sp³-hybridized carbons (Fsp3) is 0.245. The highest BCUT2D eigenvalue weighted by Crippen LogP contribution is 2.43. The lowest BCUT2D eigenvalue weighted by atomic mass is 10.1. The second-order valence-electron chi connectivity index (χ2n) is 15.3. The molecule has 0 N–H and O–H groups in total. The van der Waals surface area contributed by atoms with E-state index < -0.39 is 0 Å². The van der Waals surface area contributed by atoms with Crippen molar-refractivity contribution in [2.75, 3.05) is 30.6 Å². The summed E-state index contributed by atoms with van der Waals surface area (Å²) in [7, 11) is 3.08. The van der Waals surface area contributed by atoms with Gasteiger partial charge in [-0.3, -0.25) is 34.2 Å². The van der Waals surface area contributed by atoms with E-state index in [1.807, 2.05) is 79.2 Å². The number of benzene rings is 5. The number of anilines is 2. The Kier molecular flexibility index (Phi) is 10.8. The molecule has 0 aromatic heterocycles. The normalized spacial score (nSPS) is 16.6. The topological polar surface area (TPSA) is 129 Å². The van der Waals surface area contributed by atoms with Gasteiger partial charge in [0.1, 0.15) is 19.0 Å². The van der Waals surface area contributed by atoms with Crippen LogP contribution >= 0.6 is 0 Å². The van der Waals surface area contributed by atoms with Crippen LogP contribution < -0.4 is 33.5 Å². The number of para-hydroxylation sites is 2. The number of hydrogen-bond donors (Lipinski definition) is 0. The Labute approximate surface area is 353 Å². The number of rotatable bonds is 15. The Balaban J connectivity index is 0.954. The molecule has 5 aromatic carbocycles. The minimum absolute atomic E-state index is 0.00143. The van der Waals surface area contributed by atoms with Gasteiger partial charge in [-0.1, -0.05) is 43.0 Å². The molecule has 12 heteroatoms. The third-order valence-electron chi connectivity index (χ3n) is 11.4. The number of nitrogens with zero attached hydrogens (tertiary/aromatic N) is 4. The van der Waals surface area contributed by atoms with Gasteiger partial charge in [-0.05, 0) is 83.6 Å². The van der Waals surface area contributed by atoms with Crippen molar-refractivity contribution in [3.8, 4) is 28.7 Å². The fourth-order valence-electron chi connectivity index (χ4n) is 8.37. The van der Waals surface area contributed by atoms with Crippen molar-refractivity contribution in [1.82, 2.24) is 0 Å². The zero-order valence-electron chi connectivity index (χ0n) is 34.0. The van der Waals surface area contributed by atoms with Gasteiger partial charge in [-0.15, -0.1) is 0 Å². The molecule has 0 unspecified atom stereocenters. The molecular formula is C49H44N4O8. The molecule has 4 aliphatic rings. The van der Waals surface area contributed by atoms with Crippen LogP contribution in [-0.4, -0.2) is 62.9 Å². The molecule has 0 fully saturated rings. The predicted octanol–water partition coefficient (Wildman–Crippen LogP) is 8.74. The van der Waals surface area contributed by atoms with Crippen LogP contribution in [0.1, 0.15) is 62.2 Å². The zero-order chi connectivity index (χ0) is 42.0. The van der Waals surface area contributed by atoms with Crippen molar-refractivity contribution in [3.05, 3.63) is 137 Å². The van der Waals surface area contributed by atoms with Crippen molar-refractivity contribution in [3.63, 3.8) is 0 Å². The van der Waals surface area contributed by atoms with Crippen molar-refractivity contribution in [1.29, 1.82) is 0 Å². The van der Waals surface area contributed by atoms with Crippen LogP contribution in [0.25, 0.3) is 0 Å². The van der Waals surface area contributed by atoms with E-state index in [1.54, 1.807) is 48.3 Å². The van der Waals surface area contributed by atoms with Crippen molar-refractivity contribution < 1.29 is 38.1 Å². The number of aliphatic imine (C=N–C) groups is 2. The van der Waals surface area contributed by atoms with Crippen LogP contribution in [0.5, 0.6) is 28.7 Å². The number of unbranched alkanes of at least 4 members (excludes halogenated alkanes) is 1. The highest BCUT2D eigenvalue weighted by molar-refractivity contribution is 6.15. The second kappa shape index (κ2) is 16.8. The van der Waals surface area contributed by atoms with E-state index in [0.29, 0.717) is 90.0 Å². The van der Waals surface area contributed by atoms with Crippen LogP contribution in [0.15, 0.2) is 114 Å². The average molecular weight is 817 g/mol. The van der Waals surface area contributed by atoms with Gasteiger partial charge in [-0.25, -0.2) is 0 Å². The maximum Gasteiger partial charge on any atom is 0.261 e. The third kappa shape index (κ3) is 7.72. The number of allylic oxidation sites excluding steroid dienone is 1. The van der Waals surface area contributed by atoms with E-state index in [1.165, 1.54) is 6.08 Å². The monoisotopic (exact) mass is 816 g/mol. The molecule has 4 heterocycles. The van der Waals surface area contributed by atoms with Crippen LogP contribution in [0.2, 0.25) is 0 Å². The first kappa shape index (κ1) is 39.3. The smallest absolute Gasteiger partial charge is 0.261 e. The second-order valence-corrected chi connectivity index (χ2v) is 15.3. The molecule has 308 valence electrons. The van der Waals surface area contributed by atoms with Gasteiger partial charge in [0, 0.05) is 55.2 Å². The number of ether oxygens (including phenoxy) is 5. The summed E-state index contributed by atoms with van der Waals surface area (Å²) in [5.74, 6) is 1.97. The SMILES string of the molecule is C=CC(=O)CCCCOc1cc(COc2cc3c(cc2OC)C(=O)N2c4ccccc4C[C@H]2C=N3)cc(COc2cc3c(cc2OC)C(=O)N2c4ccccc4C[C@H]2C=N3)c1. The van der Waals surface area contributed by atoms with E-state index in [2.05, 4.69) is 6.58 Å². The Morgan fingerprint density at radius 3 is 1.67 bits per heavy atom. The number of fused-ring (bicyclic) bond motifs is 8. The van der Waals surface area contributed by atoms with E-state index >= 15 is 0 Å². The van der Waals surface area contributed by atoms with Gasteiger partial charge in [0.2, 0.25) is 0 Å². The Morgan fingerprint density at radius 1 is 0.672 bits per heavy atom. The number of carbonyl (C=O) groups is 3. The minimum Gasteiger partial charge on any atom is -0.494 e. The highest BCUT2D eigenvalue weighted by atomic mass is 16.5. The summed E-state index contributed by atoms with van der Waals surface area (Å²) < 4.78 is 30.5. The summed E-state index contributed by atoms with van der Waals surface area (Å²) in [6, 6.07) is 28.1. The van der Waals surface area contributed by atoms with Crippen LogP contribution in [0, 0.1) is 0 Å². The Bertz CT molecular complexity index is 2470. The largest absolute Gasteiger partial charge is 0.494 e. The first-order chi connectivity index (χ1) is 29.8. The lowest BCUT2D eigenvalue weighted by Gasteiger charge is -2.22. The quantitative estimate of drug-likeness (QED) is 0.0758. The van der Waals surface area contributed by atoms with Crippen LogP contribution in [0.3, 0.4) is 0 Å². The molecule has 0 bridgehead atoms. The van der Waals surface area contributed by atoms with E-state index in [0.717, 1.165) is 33.6 Å². The van der Waals surface area contributed by atoms with E-state index in [-0.39, 0.29) is 42.9 Å². The molecule has 2 amide bonds. The van der Waals surface area contributed by atoms with E-state index in [9.17, 15) is 14.4 Å². The van der Waals surface area contributed by atoms with Gasteiger partial charge in [0.05, 0.1) is 55.4 Å². The number of hydrogen-bond acceptors (Lipinski definition) is 10. The van der Waals surface area contributed by atoms with Gasteiger partial charge in [0.15, 0.2) is 28.8 Å². The molecule has 0 radical (unpaired) electrons. The van der Waals surface area contributed by atoms with Crippen LogP contribution in [-0.2, 0) is 30.8 Å². The first-order valence-electron chi connectivity index (χ1n) is 20.3. The van der Waals surface area contributed by atoms with Crippen molar-refractivity contribution in [2.24, 2.45) is 9.98 Å². The summed E-state index contributed by atoms with van der Waals surface area (Å²) in [6.45, 7) is 4.22. The molecule has 12 nitrogen and oxygen atoms in total. The number of methoxy groups -OCH3 is 2. The molecule has 0 saturated carbocycles. The Morgan fingerprint density at radius 2 is 1.18 bits per heavy atom. The predicted molar refractivity (Wildman–Crippen MR) is 233 cm³/mol. The molecule has 9 rings (SSSR count). The third-order valence-corrected chi connectivity index (χ3v) is 11.4. The lowest BCUT2D eigenvalue weighted by Crippen LogP contribution is -2.37.